The van der Waals surface area contributed by atoms with E-state index in [1.165, 1.54) is 6.92 Å². The van der Waals surface area contributed by atoms with E-state index in [1.807, 2.05) is 36.4 Å². The predicted molar refractivity (Wildman–Crippen MR) is 88.3 cm³/mol. The fourth-order valence-corrected chi connectivity index (χ4v) is 2.65. The number of nitrogens with zero attached hydrogens (tertiary/aromatic N) is 1. The average Bonchev–Trinajstić information content (AvgIpc) is 2.97. The monoisotopic (exact) mass is 306 g/mol. The molecule has 0 radical (unpaired) electrons. The summed E-state index contributed by atoms with van der Waals surface area (Å²) in [6.45, 7) is 1.34. The van der Waals surface area contributed by atoms with Gasteiger partial charge in [-0.25, -0.2) is 0 Å². The van der Waals surface area contributed by atoms with Crippen LogP contribution in [0.2, 0.25) is 0 Å². The van der Waals surface area contributed by atoms with Gasteiger partial charge >= 0.3 is 5.69 Å². The summed E-state index contributed by atoms with van der Waals surface area (Å²) in [5, 5.41) is 11.6. The van der Waals surface area contributed by atoms with Crippen LogP contribution in [0.1, 0.15) is 17.3 Å². The number of nitrogens with one attached hydrogen (secondary N) is 1. The summed E-state index contributed by atoms with van der Waals surface area (Å²) < 4.78 is 0. The number of ketones is 1. The van der Waals surface area contributed by atoms with E-state index in [-0.39, 0.29) is 17.0 Å². The van der Waals surface area contributed by atoms with Gasteiger partial charge < -0.3 is 4.98 Å². The minimum absolute atomic E-state index is 0.111. The summed E-state index contributed by atoms with van der Waals surface area (Å²) >= 11 is 0. The van der Waals surface area contributed by atoms with Crippen LogP contribution in [0.25, 0.3) is 22.5 Å². The number of rotatable bonds is 4. The molecule has 5 heteroatoms. The zero-order chi connectivity index (χ0) is 16.4. The fourth-order valence-electron chi connectivity index (χ4n) is 2.65. The molecular weight excluding hydrogens is 292 g/mol. The van der Waals surface area contributed by atoms with Crippen LogP contribution in [0.5, 0.6) is 0 Å². The van der Waals surface area contributed by atoms with Crippen LogP contribution in [0.4, 0.5) is 5.69 Å². The summed E-state index contributed by atoms with van der Waals surface area (Å²) in [4.78, 5) is 26.3. The number of H-pyrrole nitrogens is 1. The van der Waals surface area contributed by atoms with Gasteiger partial charge in [0.25, 0.3) is 0 Å². The largest absolute Gasteiger partial charge is 0.348 e. The van der Waals surface area contributed by atoms with Gasteiger partial charge in [-0.1, -0.05) is 60.7 Å². The molecule has 3 aromatic rings. The first-order valence-electron chi connectivity index (χ1n) is 7.11. The summed E-state index contributed by atoms with van der Waals surface area (Å²) in [5.74, 6) is -0.339. The zero-order valence-corrected chi connectivity index (χ0v) is 12.4. The van der Waals surface area contributed by atoms with Gasteiger partial charge in [0.2, 0.25) is 0 Å². The Balaban J connectivity index is 2.34. The lowest BCUT2D eigenvalue weighted by atomic mass is 10.0. The molecule has 1 N–H and O–H groups in total. The number of aromatic amines is 1. The van der Waals surface area contributed by atoms with E-state index in [9.17, 15) is 14.9 Å². The van der Waals surface area contributed by atoms with Crippen LogP contribution in [0, 0.1) is 10.1 Å². The minimum atomic E-state index is -0.498. The minimum Gasteiger partial charge on any atom is -0.348 e. The molecule has 0 aliphatic heterocycles. The summed E-state index contributed by atoms with van der Waals surface area (Å²) in [5.41, 5.74) is 2.16. The molecule has 5 nitrogen and oxygen atoms in total. The van der Waals surface area contributed by atoms with Crippen LogP contribution in [-0.2, 0) is 0 Å². The number of carbonyl (C=O) groups excluding carboxylic acids is 1. The molecule has 0 saturated carbocycles. The Kier molecular flexibility index (Phi) is 3.76. The Morgan fingerprint density at radius 1 is 0.913 bits per heavy atom. The number of nitro groups is 1. The van der Waals surface area contributed by atoms with Crippen LogP contribution in [0.15, 0.2) is 60.7 Å². The molecule has 114 valence electrons. The molecular formula is C18H14N2O3. The van der Waals surface area contributed by atoms with Crippen molar-refractivity contribution in [1.82, 2.24) is 4.98 Å². The molecule has 0 aliphatic rings. The van der Waals surface area contributed by atoms with E-state index in [2.05, 4.69) is 4.98 Å². The second-order valence-electron chi connectivity index (χ2n) is 5.14. The molecule has 0 spiro atoms. The third kappa shape index (κ3) is 2.64. The average molecular weight is 306 g/mol. The van der Waals surface area contributed by atoms with Crippen LogP contribution in [0.3, 0.4) is 0 Å². The molecule has 3 rings (SSSR count). The van der Waals surface area contributed by atoms with E-state index < -0.39 is 4.92 Å². The van der Waals surface area contributed by atoms with Crippen molar-refractivity contribution in [3.05, 3.63) is 76.3 Å². The maximum Gasteiger partial charge on any atom is 0.306 e. The van der Waals surface area contributed by atoms with E-state index in [0.29, 0.717) is 17.0 Å². The van der Waals surface area contributed by atoms with Gasteiger partial charge in [-0.05, 0) is 12.5 Å². The number of hydrogen-bond donors (Lipinski definition) is 1. The normalized spacial score (nSPS) is 10.5. The number of carbonyl (C=O) groups is 1. The lowest BCUT2D eigenvalue weighted by molar-refractivity contribution is -0.384. The van der Waals surface area contributed by atoms with E-state index in [0.717, 1.165) is 5.56 Å². The zero-order valence-electron chi connectivity index (χ0n) is 12.4. The molecule has 2 aromatic carbocycles. The molecule has 23 heavy (non-hydrogen) atoms. The first kappa shape index (κ1) is 14.7. The van der Waals surface area contributed by atoms with Gasteiger partial charge in [0.05, 0.1) is 10.6 Å². The first-order chi connectivity index (χ1) is 11.1. The maximum absolute atomic E-state index is 12.1. The highest BCUT2D eigenvalue weighted by atomic mass is 16.6. The van der Waals surface area contributed by atoms with Gasteiger partial charge in [0.15, 0.2) is 5.78 Å². The number of Topliss-reactive ketones (excluding diaryl/α,β-unsaturated/α-hetero) is 1. The smallest absolute Gasteiger partial charge is 0.306 e. The van der Waals surface area contributed by atoms with Gasteiger partial charge in [-0.15, -0.1) is 0 Å². The van der Waals surface area contributed by atoms with Crippen molar-refractivity contribution in [2.24, 2.45) is 0 Å². The Morgan fingerprint density at radius 2 is 1.39 bits per heavy atom. The molecule has 0 saturated heterocycles. The van der Waals surface area contributed by atoms with Crippen molar-refractivity contribution >= 4 is 11.5 Å². The van der Waals surface area contributed by atoms with Crippen molar-refractivity contribution in [1.29, 1.82) is 0 Å². The van der Waals surface area contributed by atoms with Gasteiger partial charge in [-0.3, -0.25) is 14.9 Å². The Hall–Kier alpha value is -3.21. The van der Waals surface area contributed by atoms with E-state index in [4.69, 9.17) is 0 Å². The first-order valence-corrected chi connectivity index (χ1v) is 7.11. The van der Waals surface area contributed by atoms with Crippen molar-refractivity contribution in [2.75, 3.05) is 0 Å². The van der Waals surface area contributed by atoms with Crippen molar-refractivity contribution in [3.8, 4) is 22.5 Å². The van der Waals surface area contributed by atoms with Crippen molar-refractivity contribution < 1.29 is 9.72 Å². The van der Waals surface area contributed by atoms with Gasteiger partial charge in [0.1, 0.15) is 11.3 Å². The molecule has 0 unspecified atom stereocenters. The van der Waals surface area contributed by atoms with E-state index in [1.54, 1.807) is 24.3 Å². The van der Waals surface area contributed by atoms with E-state index >= 15 is 0 Å². The third-order valence-corrected chi connectivity index (χ3v) is 3.63. The van der Waals surface area contributed by atoms with Crippen molar-refractivity contribution in [2.45, 2.75) is 6.92 Å². The van der Waals surface area contributed by atoms with Crippen molar-refractivity contribution in [3.63, 3.8) is 0 Å². The fraction of sp³-hybridized carbons (Fsp3) is 0.0556. The third-order valence-electron chi connectivity index (χ3n) is 3.63. The highest BCUT2D eigenvalue weighted by molar-refractivity contribution is 6.07. The molecule has 0 aliphatic carbocycles. The summed E-state index contributed by atoms with van der Waals surface area (Å²) in [6.07, 6.45) is 0. The Morgan fingerprint density at radius 3 is 1.83 bits per heavy atom. The highest BCUT2D eigenvalue weighted by Gasteiger charge is 2.30. The number of aromatic nitrogens is 1. The second-order valence-corrected chi connectivity index (χ2v) is 5.14. The molecule has 1 heterocycles. The summed E-state index contributed by atoms with van der Waals surface area (Å²) in [6, 6.07) is 18.1. The van der Waals surface area contributed by atoms with Crippen LogP contribution in [-0.4, -0.2) is 15.7 Å². The van der Waals surface area contributed by atoms with Crippen LogP contribution < -0.4 is 0 Å². The lowest BCUT2D eigenvalue weighted by Crippen LogP contribution is -1.99. The van der Waals surface area contributed by atoms with Gasteiger partial charge in [0, 0.05) is 5.56 Å². The Bertz CT molecular complexity index is 796. The quantitative estimate of drug-likeness (QED) is 0.439. The summed E-state index contributed by atoms with van der Waals surface area (Å²) in [7, 11) is 0. The predicted octanol–water partition coefficient (Wildman–Crippen LogP) is 4.46. The molecule has 0 fully saturated rings. The Labute approximate surface area is 132 Å². The molecule has 0 atom stereocenters. The van der Waals surface area contributed by atoms with Gasteiger partial charge in [-0.2, -0.15) is 0 Å². The van der Waals surface area contributed by atoms with Crippen LogP contribution >= 0.6 is 0 Å². The maximum atomic E-state index is 12.1. The highest BCUT2D eigenvalue weighted by Crippen LogP contribution is 2.39. The number of hydrogen-bond acceptors (Lipinski definition) is 3. The lowest BCUT2D eigenvalue weighted by Gasteiger charge is -2.00. The molecule has 0 amide bonds. The number of benzene rings is 2. The topological polar surface area (TPSA) is 76.0 Å². The molecule has 0 bridgehead atoms. The molecule has 1 aromatic heterocycles. The SMILES string of the molecule is CC(=O)c1c(-c2ccccc2)[nH]c(-c2ccccc2)c1[N+](=O)[O-]. The standard InChI is InChI=1S/C18H14N2O3/c1-12(21)15-16(13-8-4-2-5-9-13)19-17(18(15)20(22)23)14-10-6-3-7-11-14/h2-11,19H,1H3. The second kappa shape index (κ2) is 5.88.